The first-order valence-electron chi connectivity index (χ1n) is 6.45. The maximum atomic E-state index is 5.78. The largest absolute Gasteiger partial charge is 0.397 e. The molecule has 1 aromatic heterocycles. The van der Waals surface area contributed by atoms with E-state index in [4.69, 9.17) is 5.73 Å². The van der Waals surface area contributed by atoms with Crippen LogP contribution in [0.5, 0.6) is 0 Å². The van der Waals surface area contributed by atoms with Crippen molar-refractivity contribution < 1.29 is 0 Å². The minimum Gasteiger partial charge on any atom is -0.397 e. The van der Waals surface area contributed by atoms with Gasteiger partial charge in [0.15, 0.2) is 0 Å². The molecule has 4 heteroatoms. The molecule has 0 bridgehead atoms. The molecule has 0 spiro atoms. The Balaban J connectivity index is 2.13. The second-order valence-corrected chi connectivity index (χ2v) is 5.81. The van der Waals surface area contributed by atoms with Crippen LogP contribution in [0.2, 0.25) is 0 Å². The molecule has 0 fully saturated rings. The average molecular weight is 318 g/mol. The van der Waals surface area contributed by atoms with Crippen molar-refractivity contribution in [3.8, 4) is 0 Å². The molecule has 0 amide bonds. The fourth-order valence-corrected chi connectivity index (χ4v) is 3.19. The van der Waals surface area contributed by atoms with E-state index in [1.54, 1.807) is 6.20 Å². The van der Waals surface area contributed by atoms with Gasteiger partial charge in [0.25, 0.3) is 0 Å². The summed E-state index contributed by atoms with van der Waals surface area (Å²) < 4.78 is 0.941. The Hall–Kier alpha value is -1.55. The zero-order valence-corrected chi connectivity index (χ0v) is 12.4. The number of nitrogens with two attached hydrogens (primary N) is 1. The Kier molecular flexibility index (Phi) is 3.19. The molecule has 2 aromatic rings. The first-order chi connectivity index (χ1) is 9.16. The number of pyridine rings is 1. The summed E-state index contributed by atoms with van der Waals surface area (Å²) in [6.07, 6.45) is 3.97. The summed E-state index contributed by atoms with van der Waals surface area (Å²) in [7, 11) is 0. The third-order valence-electron chi connectivity index (χ3n) is 3.59. The fourth-order valence-electron chi connectivity index (χ4n) is 2.63. The molecular formula is C15H16BrN3. The smallest absolute Gasteiger partial charge is 0.147 e. The summed E-state index contributed by atoms with van der Waals surface area (Å²) in [5.41, 5.74) is 9.08. The number of fused-ring (bicyclic) bond motifs is 1. The number of halogens is 1. The van der Waals surface area contributed by atoms with E-state index in [9.17, 15) is 0 Å². The van der Waals surface area contributed by atoms with Crippen LogP contribution in [0.25, 0.3) is 0 Å². The maximum Gasteiger partial charge on any atom is 0.147 e. The van der Waals surface area contributed by atoms with Crippen molar-refractivity contribution in [2.24, 2.45) is 0 Å². The van der Waals surface area contributed by atoms with E-state index in [1.165, 1.54) is 11.3 Å². The van der Waals surface area contributed by atoms with Gasteiger partial charge in [-0.3, -0.25) is 0 Å². The molecule has 1 aromatic carbocycles. The first-order valence-corrected chi connectivity index (χ1v) is 7.24. The van der Waals surface area contributed by atoms with Crippen LogP contribution in [0.4, 0.5) is 17.2 Å². The van der Waals surface area contributed by atoms with Crippen LogP contribution in [0.15, 0.2) is 41.0 Å². The summed E-state index contributed by atoms with van der Waals surface area (Å²) in [5, 5.41) is 0. The second kappa shape index (κ2) is 4.85. The highest BCUT2D eigenvalue weighted by molar-refractivity contribution is 9.10. The minimum atomic E-state index is 0.433. The summed E-state index contributed by atoms with van der Waals surface area (Å²) in [6, 6.07) is 10.9. The molecule has 98 valence electrons. The molecular weight excluding hydrogens is 302 g/mol. The van der Waals surface area contributed by atoms with E-state index in [0.717, 1.165) is 23.1 Å². The van der Waals surface area contributed by atoms with Crippen molar-refractivity contribution in [2.45, 2.75) is 25.8 Å². The molecule has 19 heavy (non-hydrogen) atoms. The quantitative estimate of drug-likeness (QED) is 0.867. The minimum absolute atomic E-state index is 0.433. The monoisotopic (exact) mass is 317 g/mol. The van der Waals surface area contributed by atoms with E-state index >= 15 is 0 Å². The lowest BCUT2D eigenvalue weighted by molar-refractivity contribution is 0.613. The van der Waals surface area contributed by atoms with Crippen LogP contribution >= 0.6 is 15.9 Å². The number of nitrogen functional groups attached to an aromatic ring is 1. The second-order valence-electron chi connectivity index (χ2n) is 4.96. The predicted molar refractivity (Wildman–Crippen MR) is 82.7 cm³/mol. The average Bonchev–Trinajstić information content (AvgIpc) is 2.40. The van der Waals surface area contributed by atoms with Gasteiger partial charge in [-0.05, 0) is 53.4 Å². The molecule has 1 aliphatic rings. The Morgan fingerprint density at radius 1 is 1.37 bits per heavy atom. The normalized spacial score (nSPS) is 18.2. The van der Waals surface area contributed by atoms with Gasteiger partial charge in [-0.1, -0.05) is 18.2 Å². The molecule has 3 nitrogen and oxygen atoms in total. The van der Waals surface area contributed by atoms with Crippen molar-refractivity contribution in [1.29, 1.82) is 0 Å². The maximum absolute atomic E-state index is 5.78. The Bertz CT molecular complexity index is 612. The molecule has 1 aliphatic heterocycles. The molecule has 1 unspecified atom stereocenters. The van der Waals surface area contributed by atoms with Crippen LogP contribution in [0.3, 0.4) is 0 Å². The summed E-state index contributed by atoms with van der Waals surface area (Å²) in [6.45, 7) is 2.24. The van der Waals surface area contributed by atoms with Crippen LogP contribution in [0.1, 0.15) is 18.9 Å². The van der Waals surface area contributed by atoms with E-state index in [0.29, 0.717) is 11.7 Å². The number of nitrogens with zero attached hydrogens (tertiary/aromatic N) is 2. The number of benzene rings is 1. The highest BCUT2D eigenvalue weighted by Gasteiger charge is 2.26. The van der Waals surface area contributed by atoms with Crippen molar-refractivity contribution >= 4 is 33.1 Å². The van der Waals surface area contributed by atoms with Gasteiger partial charge in [0.1, 0.15) is 5.82 Å². The number of rotatable bonds is 1. The zero-order valence-electron chi connectivity index (χ0n) is 10.8. The molecule has 0 saturated heterocycles. The van der Waals surface area contributed by atoms with Gasteiger partial charge >= 0.3 is 0 Å². The lowest BCUT2D eigenvalue weighted by atomic mass is 9.96. The predicted octanol–water partition coefficient (Wildman–Crippen LogP) is 3.90. The Morgan fingerprint density at radius 3 is 2.95 bits per heavy atom. The fraction of sp³-hybridized carbons (Fsp3) is 0.267. The van der Waals surface area contributed by atoms with E-state index in [-0.39, 0.29) is 0 Å². The van der Waals surface area contributed by atoms with Gasteiger partial charge in [-0.2, -0.15) is 0 Å². The molecule has 2 N–H and O–H groups in total. The third kappa shape index (κ3) is 2.21. The number of hydrogen-bond acceptors (Lipinski definition) is 3. The summed E-state index contributed by atoms with van der Waals surface area (Å²) >= 11 is 3.58. The van der Waals surface area contributed by atoms with Gasteiger partial charge in [0.05, 0.1) is 16.4 Å². The summed E-state index contributed by atoms with van der Waals surface area (Å²) in [5.74, 6) is 0.939. The van der Waals surface area contributed by atoms with Crippen molar-refractivity contribution in [3.05, 3.63) is 46.6 Å². The molecule has 3 rings (SSSR count). The van der Waals surface area contributed by atoms with Gasteiger partial charge in [0, 0.05) is 11.7 Å². The standard InChI is InChI=1S/C15H16BrN3/c1-10-6-7-11-4-2-3-5-14(11)19(10)15-13(16)8-12(17)9-18-15/h2-5,8-10H,6-7,17H2,1H3. The number of aryl methyl sites for hydroxylation is 1. The number of para-hydroxylation sites is 1. The molecule has 2 heterocycles. The van der Waals surface area contributed by atoms with Crippen molar-refractivity contribution in [3.63, 3.8) is 0 Å². The number of hydrogen-bond donors (Lipinski definition) is 1. The van der Waals surface area contributed by atoms with Crippen molar-refractivity contribution in [1.82, 2.24) is 4.98 Å². The molecule has 0 radical (unpaired) electrons. The Labute approximate surface area is 121 Å². The topological polar surface area (TPSA) is 42.2 Å². The summed E-state index contributed by atoms with van der Waals surface area (Å²) in [4.78, 5) is 6.80. The number of anilines is 3. The molecule has 0 saturated carbocycles. The van der Waals surface area contributed by atoms with E-state index in [1.807, 2.05) is 6.07 Å². The van der Waals surface area contributed by atoms with Gasteiger partial charge in [-0.15, -0.1) is 0 Å². The van der Waals surface area contributed by atoms with Gasteiger partial charge < -0.3 is 10.6 Å². The highest BCUT2D eigenvalue weighted by atomic mass is 79.9. The zero-order chi connectivity index (χ0) is 13.4. The van der Waals surface area contributed by atoms with E-state index < -0.39 is 0 Å². The highest BCUT2D eigenvalue weighted by Crippen LogP contribution is 2.39. The van der Waals surface area contributed by atoms with Gasteiger partial charge in [0.2, 0.25) is 0 Å². The Morgan fingerprint density at radius 2 is 2.16 bits per heavy atom. The third-order valence-corrected chi connectivity index (χ3v) is 4.18. The van der Waals surface area contributed by atoms with Gasteiger partial charge in [-0.25, -0.2) is 4.98 Å². The lowest BCUT2D eigenvalue weighted by Gasteiger charge is -2.36. The first kappa shape index (κ1) is 12.5. The van der Waals surface area contributed by atoms with Crippen molar-refractivity contribution in [2.75, 3.05) is 10.6 Å². The lowest BCUT2D eigenvalue weighted by Crippen LogP contribution is -2.34. The van der Waals surface area contributed by atoms with E-state index in [2.05, 4.69) is 57.0 Å². The van der Waals surface area contributed by atoms with Crippen LogP contribution < -0.4 is 10.6 Å². The SMILES string of the molecule is CC1CCc2ccccc2N1c1ncc(N)cc1Br. The van der Waals surface area contributed by atoms with Crippen LogP contribution in [0, 0.1) is 0 Å². The number of aromatic nitrogens is 1. The molecule has 1 atom stereocenters. The van der Waals surface area contributed by atoms with Crippen LogP contribution in [-0.2, 0) is 6.42 Å². The van der Waals surface area contributed by atoms with Crippen LogP contribution in [-0.4, -0.2) is 11.0 Å². The molecule has 0 aliphatic carbocycles.